The second-order valence-corrected chi connectivity index (χ2v) is 6.09. The van der Waals surface area contributed by atoms with Gasteiger partial charge in [0.05, 0.1) is 6.61 Å². The van der Waals surface area contributed by atoms with Gasteiger partial charge in [0, 0.05) is 6.66 Å². The van der Waals surface area contributed by atoms with Crippen molar-refractivity contribution < 1.29 is 14.0 Å². The molecule has 0 aliphatic heterocycles. The molecule has 0 saturated heterocycles. The van der Waals surface area contributed by atoms with Gasteiger partial charge in [0.25, 0.3) is 0 Å². The van der Waals surface area contributed by atoms with E-state index in [9.17, 15) is 4.57 Å². The minimum Gasteiger partial charge on any atom is -0.324 e. The monoisotopic (exact) mass is 206 g/mol. The van der Waals surface area contributed by atoms with Crippen molar-refractivity contribution in [1.29, 1.82) is 0 Å². The number of hydrogen-bond donors (Lipinski definition) is 1. The first kappa shape index (κ1) is 11.2. The van der Waals surface area contributed by atoms with E-state index < -0.39 is 7.60 Å². The fraction of sp³-hybridized carbons (Fsp3) is 1.00. The first-order valence-electron chi connectivity index (χ1n) is 4.92. The summed E-state index contributed by atoms with van der Waals surface area (Å²) in [5.41, 5.74) is 0. The minimum atomic E-state index is -3.25. The fourth-order valence-electron chi connectivity index (χ4n) is 1.74. The third-order valence-electron chi connectivity index (χ3n) is 2.69. The smallest absolute Gasteiger partial charge is 0.324 e. The zero-order chi connectivity index (χ0) is 9.90. The molecule has 0 aromatic rings. The summed E-state index contributed by atoms with van der Waals surface area (Å²) in [6.45, 7) is 3.96. The van der Waals surface area contributed by atoms with Gasteiger partial charge in [-0.2, -0.15) is 0 Å². The molecule has 1 saturated carbocycles. The standard InChI is InChI=1S/C9H19O3P/c1-8-3-5-9(6-4-8)7-12-13(2,10)11/h8-9H,3-7H2,1-2H3,(H,10,11). The third kappa shape index (κ3) is 4.80. The highest BCUT2D eigenvalue weighted by molar-refractivity contribution is 7.51. The first-order valence-corrected chi connectivity index (χ1v) is 6.94. The Labute approximate surface area is 80.0 Å². The summed E-state index contributed by atoms with van der Waals surface area (Å²) in [4.78, 5) is 8.93. The maximum absolute atomic E-state index is 10.9. The minimum absolute atomic E-state index is 0.455. The average molecular weight is 206 g/mol. The van der Waals surface area contributed by atoms with E-state index in [-0.39, 0.29) is 0 Å². The second-order valence-electron chi connectivity index (χ2n) is 4.22. The van der Waals surface area contributed by atoms with Gasteiger partial charge in [-0.05, 0) is 24.7 Å². The summed E-state index contributed by atoms with van der Waals surface area (Å²) in [6.07, 6.45) is 4.74. The van der Waals surface area contributed by atoms with Crippen molar-refractivity contribution in [2.24, 2.45) is 11.8 Å². The summed E-state index contributed by atoms with van der Waals surface area (Å²) in [7, 11) is -3.25. The Morgan fingerprint density at radius 3 is 2.38 bits per heavy atom. The third-order valence-corrected chi connectivity index (χ3v) is 3.31. The molecule has 0 amide bonds. The summed E-state index contributed by atoms with van der Waals surface area (Å²) in [6, 6.07) is 0. The summed E-state index contributed by atoms with van der Waals surface area (Å²) < 4.78 is 15.8. The van der Waals surface area contributed by atoms with Crippen LogP contribution in [0.3, 0.4) is 0 Å². The van der Waals surface area contributed by atoms with E-state index in [4.69, 9.17) is 9.42 Å². The molecule has 0 heterocycles. The average Bonchev–Trinajstić information content (AvgIpc) is 2.02. The van der Waals surface area contributed by atoms with Crippen molar-refractivity contribution in [2.45, 2.75) is 32.6 Å². The quantitative estimate of drug-likeness (QED) is 0.722. The van der Waals surface area contributed by atoms with Crippen LogP contribution in [0, 0.1) is 11.8 Å². The van der Waals surface area contributed by atoms with Crippen LogP contribution in [-0.4, -0.2) is 18.2 Å². The molecule has 1 N–H and O–H groups in total. The van der Waals surface area contributed by atoms with Crippen molar-refractivity contribution in [3.05, 3.63) is 0 Å². The normalized spacial score (nSPS) is 34.1. The van der Waals surface area contributed by atoms with Crippen molar-refractivity contribution >= 4 is 7.60 Å². The fourth-order valence-corrected chi connectivity index (χ4v) is 2.23. The molecule has 0 spiro atoms. The predicted octanol–water partition coefficient (Wildman–Crippen LogP) is 2.64. The Hall–Kier alpha value is 0.150. The molecule has 1 unspecified atom stereocenters. The van der Waals surface area contributed by atoms with Crippen LogP contribution in [0.2, 0.25) is 0 Å². The van der Waals surface area contributed by atoms with Crippen molar-refractivity contribution in [3.63, 3.8) is 0 Å². The van der Waals surface area contributed by atoms with Crippen LogP contribution in [0.25, 0.3) is 0 Å². The van der Waals surface area contributed by atoms with Crippen LogP contribution in [0.15, 0.2) is 0 Å². The van der Waals surface area contributed by atoms with Crippen LogP contribution in [-0.2, 0) is 9.09 Å². The SMILES string of the molecule is CC1CCC(COP(C)(=O)O)CC1. The highest BCUT2D eigenvalue weighted by atomic mass is 31.2. The number of rotatable bonds is 3. The van der Waals surface area contributed by atoms with E-state index in [1.807, 2.05) is 0 Å². The Morgan fingerprint density at radius 1 is 1.38 bits per heavy atom. The lowest BCUT2D eigenvalue weighted by Crippen LogP contribution is -2.16. The van der Waals surface area contributed by atoms with Gasteiger partial charge in [-0.3, -0.25) is 4.57 Å². The van der Waals surface area contributed by atoms with Gasteiger partial charge < -0.3 is 9.42 Å². The van der Waals surface area contributed by atoms with E-state index >= 15 is 0 Å². The van der Waals surface area contributed by atoms with Crippen molar-refractivity contribution in [3.8, 4) is 0 Å². The summed E-state index contributed by atoms with van der Waals surface area (Å²) in [5, 5.41) is 0. The lowest BCUT2D eigenvalue weighted by atomic mass is 9.83. The highest BCUT2D eigenvalue weighted by Gasteiger charge is 2.20. The molecular formula is C9H19O3P. The van der Waals surface area contributed by atoms with Gasteiger partial charge in [0.2, 0.25) is 0 Å². The number of hydrogen-bond acceptors (Lipinski definition) is 2. The molecule has 0 aromatic heterocycles. The zero-order valence-electron chi connectivity index (χ0n) is 8.40. The topological polar surface area (TPSA) is 46.5 Å². The Morgan fingerprint density at radius 2 is 1.92 bits per heavy atom. The molecule has 0 aromatic carbocycles. The van der Waals surface area contributed by atoms with Gasteiger partial charge in [-0.25, -0.2) is 0 Å². The summed E-state index contributed by atoms with van der Waals surface area (Å²) >= 11 is 0. The molecule has 3 nitrogen and oxygen atoms in total. The van der Waals surface area contributed by atoms with Crippen LogP contribution in [0.1, 0.15) is 32.6 Å². The molecule has 78 valence electrons. The molecule has 1 aliphatic carbocycles. The van der Waals surface area contributed by atoms with Crippen LogP contribution >= 0.6 is 7.60 Å². The van der Waals surface area contributed by atoms with Gasteiger partial charge in [-0.1, -0.05) is 19.8 Å². The Kier molecular flexibility index (Phi) is 3.96. The molecule has 1 fully saturated rings. The Bertz CT molecular complexity index is 191. The molecule has 1 atom stereocenters. The predicted molar refractivity (Wildman–Crippen MR) is 52.8 cm³/mol. The van der Waals surface area contributed by atoms with Crippen molar-refractivity contribution in [2.75, 3.05) is 13.3 Å². The van der Waals surface area contributed by atoms with Gasteiger partial charge in [0.15, 0.2) is 0 Å². The molecular weight excluding hydrogens is 187 g/mol. The van der Waals surface area contributed by atoms with Crippen LogP contribution in [0.5, 0.6) is 0 Å². The van der Waals surface area contributed by atoms with Crippen LogP contribution in [0.4, 0.5) is 0 Å². The molecule has 0 radical (unpaired) electrons. The molecule has 0 bridgehead atoms. The highest BCUT2D eigenvalue weighted by Crippen LogP contribution is 2.39. The van der Waals surface area contributed by atoms with Gasteiger partial charge in [0.1, 0.15) is 0 Å². The van der Waals surface area contributed by atoms with E-state index in [1.54, 1.807) is 0 Å². The molecule has 13 heavy (non-hydrogen) atoms. The summed E-state index contributed by atoms with van der Waals surface area (Å²) in [5.74, 6) is 1.32. The van der Waals surface area contributed by atoms with Gasteiger partial charge in [-0.15, -0.1) is 0 Å². The van der Waals surface area contributed by atoms with Crippen molar-refractivity contribution in [1.82, 2.24) is 0 Å². The molecule has 4 heteroatoms. The lowest BCUT2D eigenvalue weighted by molar-refractivity contribution is 0.173. The van der Waals surface area contributed by atoms with Crippen LogP contribution < -0.4 is 0 Å². The Balaban J connectivity index is 2.20. The molecule has 1 rings (SSSR count). The zero-order valence-corrected chi connectivity index (χ0v) is 9.30. The maximum Gasteiger partial charge on any atom is 0.325 e. The van der Waals surface area contributed by atoms with E-state index in [2.05, 4.69) is 6.92 Å². The largest absolute Gasteiger partial charge is 0.325 e. The van der Waals surface area contributed by atoms with Gasteiger partial charge >= 0.3 is 7.60 Å². The van der Waals surface area contributed by atoms with E-state index in [0.29, 0.717) is 12.5 Å². The first-order chi connectivity index (χ1) is 5.97. The second kappa shape index (κ2) is 4.59. The molecule has 1 aliphatic rings. The van der Waals surface area contributed by atoms with E-state index in [0.717, 1.165) is 18.8 Å². The van der Waals surface area contributed by atoms with E-state index in [1.165, 1.54) is 19.5 Å². The maximum atomic E-state index is 10.9. The lowest BCUT2D eigenvalue weighted by Gasteiger charge is -2.26.